The van der Waals surface area contributed by atoms with E-state index in [1.165, 1.54) is 12.5 Å². The largest absolute Gasteiger partial charge is 0.398 e. The van der Waals surface area contributed by atoms with Gasteiger partial charge in [-0.25, -0.2) is 8.42 Å². The predicted molar refractivity (Wildman–Crippen MR) is 86.9 cm³/mol. The molecule has 1 aromatic carbocycles. The van der Waals surface area contributed by atoms with E-state index in [4.69, 9.17) is 17.3 Å². The molecular weight excluding hydrogens is 308 g/mol. The van der Waals surface area contributed by atoms with Gasteiger partial charge in [0, 0.05) is 18.1 Å². The van der Waals surface area contributed by atoms with Crippen LogP contribution in [0.15, 0.2) is 23.1 Å². The van der Waals surface area contributed by atoms with Gasteiger partial charge in [0.1, 0.15) is 4.90 Å². The molecule has 0 aromatic heterocycles. The molecule has 1 aliphatic heterocycles. The molecule has 0 spiro atoms. The van der Waals surface area contributed by atoms with Gasteiger partial charge in [0.2, 0.25) is 10.0 Å². The fourth-order valence-electron chi connectivity index (χ4n) is 2.95. The molecule has 4 nitrogen and oxygen atoms in total. The number of nitrogens with two attached hydrogens (primary N) is 1. The van der Waals surface area contributed by atoms with Crippen LogP contribution in [-0.4, -0.2) is 25.8 Å². The Morgan fingerprint density at radius 1 is 1.33 bits per heavy atom. The molecule has 1 aromatic rings. The first kappa shape index (κ1) is 16.6. The van der Waals surface area contributed by atoms with Crippen LogP contribution in [0.3, 0.4) is 0 Å². The third-order valence-electron chi connectivity index (χ3n) is 4.10. The van der Waals surface area contributed by atoms with Crippen LogP contribution >= 0.6 is 11.6 Å². The summed E-state index contributed by atoms with van der Waals surface area (Å²) in [5.74, 6) is 0.631. The van der Waals surface area contributed by atoms with E-state index in [9.17, 15) is 8.42 Å². The Morgan fingerprint density at radius 2 is 2.10 bits per heavy atom. The van der Waals surface area contributed by atoms with Crippen LogP contribution in [-0.2, 0) is 10.0 Å². The summed E-state index contributed by atoms with van der Waals surface area (Å²) in [6, 6.07) is 4.60. The lowest BCUT2D eigenvalue weighted by atomic mass is 9.96. The minimum atomic E-state index is -3.55. The molecule has 1 atom stereocenters. The van der Waals surface area contributed by atoms with Crippen molar-refractivity contribution in [3.63, 3.8) is 0 Å². The average Bonchev–Trinajstić information content (AvgIpc) is 2.68. The minimum absolute atomic E-state index is 0.129. The van der Waals surface area contributed by atoms with Crippen molar-refractivity contribution in [1.82, 2.24) is 4.31 Å². The molecule has 0 bridgehead atoms. The van der Waals surface area contributed by atoms with Crippen molar-refractivity contribution in [2.24, 2.45) is 5.92 Å². The molecule has 2 rings (SSSR count). The number of halogens is 1. The summed E-state index contributed by atoms with van der Waals surface area (Å²) in [6.07, 6.45) is 5.26. The first-order valence-electron chi connectivity index (χ1n) is 7.50. The van der Waals surface area contributed by atoms with Gasteiger partial charge in [0.15, 0.2) is 0 Å². The molecule has 1 saturated heterocycles. The van der Waals surface area contributed by atoms with E-state index in [-0.39, 0.29) is 10.6 Å². The van der Waals surface area contributed by atoms with Crippen LogP contribution < -0.4 is 5.73 Å². The second-order valence-electron chi connectivity index (χ2n) is 5.67. The number of hydrogen-bond donors (Lipinski definition) is 1. The number of nitrogen functional groups attached to an aromatic ring is 1. The van der Waals surface area contributed by atoms with Crippen LogP contribution in [0.4, 0.5) is 5.69 Å². The van der Waals surface area contributed by atoms with Crippen LogP contribution in [0.5, 0.6) is 0 Å². The highest BCUT2D eigenvalue weighted by atomic mass is 35.5. The first-order chi connectivity index (χ1) is 9.95. The number of nitrogens with zero attached hydrogens (tertiary/aromatic N) is 1. The second kappa shape index (κ2) is 6.99. The topological polar surface area (TPSA) is 63.4 Å². The number of hydrogen-bond acceptors (Lipinski definition) is 3. The van der Waals surface area contributed by atoms with E-state index >= 15 is 0 Å². The summed E-state index contributed by atoms with van der Waals surface area (Å²) in [7, 11) is -3.55. The molecule has 0 saturated carbocycles. The van der Waals surface area contributed by atoms with Gasteiger partial charge >= 0.3 is 0 Å². The monoisotopic (exact) mass is 330 g/mol. The second-order valence-corrected chi connectivity index (χ2v) is 8.01. The van der Waals surface area contributed by atoms with Crippen molar-refractivity contribution in [2.45, 2.75) is 43.9 Å². The van der Waals surface area contributed by atoms with Crippen molar-refractivity contribution in [2.75, 3.05) is 18.8 Å². The standard InChI is InChI=1S/C15H23ClN2O2S/c1-2-4-12-5-3-9-18(10-8-12)21(19,20)15-11-13(16)6-7-14(15)17/h6-7,11-12H,2-5,8-10,17H2,1H3. The number of rotatable bonds is 4. The molecule has 1 aliphatic rings. The van der Waals surface area contributed by atoms with Crippen LogP contribution in [0, 0.1) is 5.92 Å². The highest BCUT2D eigenvalue weighted by Crippen LogP contribution is 2.29. The number of anilines is 1. The zero-order chi connectivity index (χ0) is 15.5. The summed E-state index contributed by atoms with van der Waals surface area (Å²) >= 11 is 5.92. The lowest BCUT2D eigenvalue weighted by molar-refractivity contribution is 0.400. The van der Waals surface area contributed by atoms with Gasteiger partial charge in [0.25, 0.3) is 0 Å². The molecule has 2 N–H and O–H groups in total. The van der Waals surface area contributed by atoms with Gasteiger partial charge < -0.3 is 5.73 Å². The normalized spacial score (nSPS) is 21.1. The third kappa shape index (κ3) is 3.90. The van der Waals surface area contributed by atoms with E-state index in [0.29, 0.717) is 24.0 Å². The minimum Gasteiger partial charge on any atom is -0.398 e. The van der Waals surface area contributed by atoms with Gasteiger partial charge in [-0.15, -0.1) is 0 Å². The molecular formula is C15H23ClN2O2S. The number of sulfonamides is 1. The van der Waals surface area contributed by atoms with E-state index in [1.54, 1.807) is 16.4 Å². The van der Waals surface area contributed by atoms with Crippen molar-refractivity contribution in [1.29, 1.82) is 0 Å². The molecule has 6 heteroatoms. The quantitative estimate of drug-likeness (QED) is 0.859. The SMILES string of the molecule is CCCC1CCCN(S(=O)(=O)c2cc(Cl)ccc2N)CC1. The maximum atomic E-state index is 12.8. The summed E-state index contributed by atoms with van der Waals surface area (Å²) in [5.41, 5.74) is 6.09. The molecule has 0 radical (unpaired) electrons. The fourth-order valence-corrected chi connectivity index (χ4v) is 4.82. The van der Waals surface area contributed by atoms with Gasteiger partial charge in [-0.1, -0.05) is 31.4 Å². The highest BCUT2D eigenvalue weighted by molar-refractivity contribution is 7.89. The van der Waals surface area contributed by atoms with Crippen molar-refractivity contribution >= 4 is 27.3 Å². The maximum absolute atomic E-state index is 12.8. The van der Waals surface area contributed by atoms with Crippen LogP contribution in [0.25, 0.3) is 0 Å². The Kier molecular flexibility index (Phi) is 5.52. The Labute approximate surface area is 132 Å². The highest BCUT2D eigenvalue weighted by Gasteiger charge is 2.29. The molecule has 1 unspecified atom stereocenters. The van der Waals surface area contributed by atoms with Crippen molar-refractivity contribution in [3.05, 3.63) is 23.2 Å². The van der Waals surface area contributed by atoms with Crippen molar-refractivity contribution in [3.8, 4) is 0 Å². The summed E-state index contributed by atoms with van der Waals surface area (Å²) in [4.78, 5) is 0.129. The van der Waals surface area contributed by atoms with Crippen LogP contribution in [0.2, 0.25) is 5.02 Å². The summed E-state index contributed by atoms with van der Waals surface area (Å²) in [5, 5.41) is 0.390. The zero-order valence-corrected chi connectivity index (χ0v) is 14.0. The van der Waals surface area contributed by atoms with Gasteiger partial charge in [-0.2, -0.15) is 4.31 Å². The Morgan fingerprint density at radius 3 is 2.81 bits per heavy atom. The first-order valence-corrected chi connectivity index (χ1v) is 9.32. The molecule has 0 aliphatic carbocycles. The average molecular weight is 331 g/mol. The van der Waals surface area contributed by atoms with E-state index < -0.39 is 10.0 Å². The Bertz CT molecular complexity index is 589. The summed E-state index contributed by atoms with van der Waals surface area (Å²) < 4.78 is 27.1. The predicted octanol–water partition coefficient (Wildman–Crippen LogP) is 3.51. The Hall–Kier alpha value is -0.780. The molecule has 1 heterocycles. The van der Waals surface area contributed by atoms with Crippen LogP contribution in [0.1, 0.15) is 39.0 Å². The van der Waals surface area contributed by atoms with Gasteiger partial charge in [0.05, 0.1) is 5.69 Å². The van der Waals surface area contributed by atoms with Gasteiger partial charge in [-0.05, 0) is 43.4 Å². The maximum Gasteiger partial charge on any atom is 0.245 e. The molecule has 118 valence electrons. The van der Waals surface area contributed by atoms with Gasteiger partial charge in [-0.3, -0.25) is 0 Å². The van der Waals surface area contributed by atoms with Crippen molar-refractivity contribution < 1.29 is 8.42 Å². The lowest BCUT2D eigenvalue weighted by Crippen LogP contribution is -2.32. The molecule has 21 heavy (non-hydrogen) atoms. The molecule has 0 amide bonds. The smallest absolute Gasteiger partial charge is 0.245 e. The summed E-state index contributed by atoms with van der Waals surface area (Å²) in [6.45, 7) is 3.31. The van der Waals surface area contributed by atoms with E-state index in [0.717, 1.165) is 25.7 Å². The number of benzene rings is 1. The van der Waals surface area contributed by atoms with E-state index in [1.807, 2.05) is 0 Å². The fraction of sp³-hybridized carbons (Fsp3) is 0.600. The third-order valence-corrected chi connectivity index (χ3v) is 6.29. The lowest BCUT2D eigenvalue weighted by Gasteiger charge is -2.21. The Balaban J connectivity index is 2.21. The molecule has 1 fully saturated rings. The zero-order valence-electron chi connectivity index (χ0n) is 12.4. The van der Waals surface area contributed by atoms with E-state index in [2.05, 4.69) is 6.92 Å².